The van der Waals surface area contributed by atoms with Gasteiger partial charge in [0, 0.05) is 17.4 Å². The summed E-state index contributed by atoms with van der Waals surface area (Å²) < 4.78 is 0. The lowest BCUT2D eigenvalue weighted by molar-refractivity contribution is 0.850. The normalized spacial score (nSPS) is 14.3. The Bertz CT molecular complexity index is 1160. The zero-order valence-corrected chi connectivity index (χ0v) is 18.0. The number of rotatable bonds is 6. The van der Waals surface area contributed by atoms with Crippen molar-refractivity contribution in [3.05, 3.63) is 82.4 Å². The maximum absolute atomic E-state index is 6.08. The van der Waals surface area contributed by atoms with Crippen LogP contribution < -0.4 is 10.6 Å². The SMILES string of the molecule is CC1=CC(Nc2nc(/C=C/c3cccc(Cl)c3)nc(NC(C)c3ccncc3)n2)=NC1. The molecule has 3 heterocycles. The zero-order valence-electron chi connectivity index (χ0n) is 17.2. The molecule has 0 radical (unpaired) electrons. The van der Waals surface area contributed by atoms with E-state index < -0.39 is 0 Å². The van der Waals surface area contributed by atoms with Crippen LogP contribution in [0.5, 0.6) is 0 Å². The summed E-state index contributed by atoms with van der Waals surface area (Å²) in [6.07, 6.45) is 9.26. The summed E-state index contributed by atoms with van der Waals surface area (Å²) >= 11 is 6.08. The number of hydrogen-bond donors (Lipinski definition) is 2. The predicted molar refractivity (Wildman–Crippen MR) is 126 cm³/mol. The Hall–Kier alpha value is -3.58. The highest BCUT2D eigenvalue weighted by Crippen LogP contribution is 2.18. The van der Waals surface area contributed by atoms with E-state index in [1.54, 1.807) is 12.4 Å². The van der Waals surface area contributed by atoms with Gasteiger partial charge in [-0.25, -0.2) is 0 Å². The first-order valence-corrected chi connectivity index (χ1v) is 10.3. The molecule has 1 aliphatic rings. The highest BCUT2D eigenvalue weighted by atomic mass is 35.5. The van der Waals surface area contributed by atoms with E-state index in [0.717, 1.165) is 17.0 Å². The molecule has 0 saturated carbocycles. The summed E-state index contributed by atoms with van der Waals surface area (Å²) in [7, 11) is 0. The van der Waals surface area contributed by atoms with Crippen molar-refractivity contribution in [1.29, 1.82) is 0 Å². The maximum atomic E-state index is 6.08. The summed E-state index contributed by atoms with van der Waals surface area (Å²) in [6, 6.07) is 11.5. The Morgan fingerprint density at radius 3 is 2.58 bits per heavy atom. The lowest BCUT2D eigenvalue weighted by Gasteiger charge is -2.15. The predicted octanol–water partition coefficient (Wildman–Crippen LogP) is 5.03. The molecule has 4 rings (SSSR count). The molecule has 0 spiro atoms. The molecule has 1 atom stereocenters. The van der Waals surface area contributed by atoms with E-state index in [0.29, 0.717) is 29.3 Å². The number of pyridine rings is 1. The van der Waals surface area contributed by atoms with Crippen LogP contribution >= 0.6 is 11.6 Å². The Labute approximate surface area is 186 Å². The fourth-order valence-electron chi connectivity index (χ4n) is 3.02. The first kappa shape index (κ1) is 20.7. The minimum absolute atomic E-state index is 0.00558. The molecule has 0 aliphatic carbocycles. The van der Waals surface area contributed by atoms with Gasteiger partial charge in [-0.05, 0) is 67.0 Å². The Balaban J connectivity index is 1.61. The average Bonchev–Trinajstić information content (AvgIpc) is 3.17. The molecule has 156 valence electrons. The van der Waals surface area contributed by atoms with Crippen molar-refractivity contribution < 1.29 is 0 Å². The van der Waals surface area contributed by atoms with Gasteiger partial charge >= 0.3 is 0 Å². The van der Waals surface area contributed by atoms with E-state index in [1.807, 2.05) is 68.5 Å². The third kappa shape index (κ3) is 5.73. The molecule has 2 aromatic heterocycles. The van der Waals surface area contributed by atoms with Crippen molar-refractivity contribution in [2.75, 3.05) is 17.2 Å². The summed E-state index contributed by atoms with van der Waals surface area (Å²) in [4.78, 5) is 22.1. The van der Waals surface area contributed by atoms with Crippen molar-refractivity contribution in [3.8, 4) is 0 Å². The molecule has 1 unspecified atom stereocenters. The molecule has 7 nitrogen and oxygen atoms in total. The van der Waals surface area contributed by atoms with Crippen LogP contribution in [0.15, 0.2) is 65.4 Å². The number of benzene rings is 1. The summed E-state index contributed by atoms with van der Waals surface area (Å²) in [5.41, 5.74) is 3.22. The number of aromatic nitrogens is 4. The van der Waals surface area contributed by atoms with Crippen molar-refractivity contribution in [3.63, 3.8) is 0 Å². The lowest BCUT2D eigenvalue weighted by Crippen LogP contribution is -2.15. The molecular formula is C23H22ClN7. The lowest BCUT2D eigenvalue weighted by atomic mass is 10.1. The van der Waals surface area contributed by atoms with E-state index in [4.69, 9.17) is 11.6 Å². The quantitative estimate of drug-likeness (QED) is 0.568. The fraction of sp³-hybridized carbons (Fsp3) is 0.174. The molecular weight excluding hydrogens is 410 g/mol. The maximum Gasteiger partial charge on any atom is 0.233 e. The van der Waals surface area contributed by atoms with Gasteiger partial charge in [0.25, 0.3) is 0 Å². The van der Waals surface area contributed by atoms with Crippen LogP contribution in [0.3, 0.4) is 0 Å². The monoisotopic (exact) mass is 431 g/mol. The molecule has 0 amide bonds. The van der Waals surface area contributed by atoms with Gasteiger partial charge in [0.1, 0.15) is 5.84 Å². The summed E-state index contributed by atoms with van der Waals surface area (Å²) in [6.45, 7) is 4.76. The molecule has 31 heavy (non-hydrogen) atoms. The fourth-order valence-corrected chi connectivity index (χ4v) is 3.22. The number of aliphatic imine (C=N–C) groups is 1. The number of hydrogen-bond acceptors (Lipinski definition) is 7. The first-order valence-electron chi connectivity index (χ1n) is 9.90. The van der Waals surface area contributed by atoms with Gasteiger partial charge < -0.3 is 10.6 Å². The van der Waals surface area contributed by atoms with E-state index in [9.17, 15) is 0 Å². The molecule has 2 N–H and O–H groups in total. The first-order chi connectivity index (χ1) is 15.0. The van der Waals surface area contributed by atoms with Crippen LogP contribution in [-0.4, -0.2) is 32.3 Å². The molecule has 0 fully saturated rings. The smallest absolute Gasteiger partial charge is 0.233 e. The van der Waals surface area contributed by atoms with Crippen molar-refractivity contribution in [1.82, 2.24) is 19.9 Å². The van der Waals surface area contributed by atoms with Gasteiger partial charge in [0.2, 0.25) is 11.9 Å². The molecule has 3 aromatic rings. The van der Waals surface area contributed by atoms with E-state index in [1.165, 1.54) is 5.57 Å². The van der Waals surface area contributed by atoms with Crippen LogP contribution in [-0.2, 0) is 0 Å². The molecule has 8 heteroatoms. The van der Waals surface area contributed by atoms with Crippen LogP contribution in [0, 0.1) is 0 Å². The topological polar surface area (TPSA) is 88.0 Å². The Morgan fingerprint density at radius 1 is 1.03 bits per heavy atom. The number of anilines is 2. The average molecular weight is 432 g/mol. The van der Waals surface area contributed by atoms with Gasteiger partial charge in [-0.15, -0.1) is 0 Å². The zero-order chi connectivity index (χ0) is 21.6. The second kappa shape index (κ2) is 9.49. The summed E-state index contributed by atoms with van der Waals surface area (Å²) in [5, 5.41) is 7.19. The van der Waals surface area contributed by atoms with E-state index in [2.05, 4.69) is 35.6 Å². The number of nitrogens with one attached hydrogen (secondary N) is 2. The van der Waals surface area contributed by atoms with Gasteiger partial charge in [-0.1, -0.05) is 29.8 Å². The van der Waals surface area contributed by atoms with Gasteiger partial charge in [-0.3, -0.25) is 9.98 Å². The van der Waals surface area contributed by atoms with Crippen molar-refractivity contribution >= 4 is 41.5 Å². The van der Waals surface area contributed by atoms with Crippen LogP contribution in [0.4, 0.5) is 11.9 Å². The highest BCUT2D eigenvalue weighted by molar-refractivity contribution is 6.30. The molecule has 0 saturated heterocycles. The third-order valence-electron chi connectivity index (χ3n) is 4.60. The second-order valence-corrected chi connectivity index (χ2v) is 7.63. The third-order valence-corrected chi connectivity index (χ3v) is 4.83. The van der Waals surface area contributed by atoms with E-state index >= 15 is 0 Å². The number of nitrogens with zero attached hydrogens (tertiary/aromatic N) is 5. The molecule has 0 bridgehead atoms. The number of amidine groups is 1. The van der Waals surface area contributed by atoms with Crippen LogP contribution in [0.25, 0.3) is 12.2 Å². The summed E-state index contributed by atoms with van der Waals surface area (Å²) in [5.74, 6) is 2.14. The van der Waals surface area contributed by atoms with Crippen molar-refractivity contribution in [2.24, 2.45) is 4.99 Å². The molecule has 1 aromatic carbocycles. The highest BCUT2D eigenvalue weighted by Gasteiger charge is 2.12. The standard InChI is InChI=1S/C23H22ClN7/c1-15-12-21(26-14-15)30-23-29-20(7-6-17-4-3-5-19(24)13-17)28-22(31-23)27-16(2)18-8-10-25-11-9-18/h3-13,16H,14H2,1-2H3,(H2,26,27,28,29,30,31)/b7-6+. The Kier molecular flexibility index (Phi) is 6.33. The van der Waals surface area contributed by atoms with Gasteiger partial charge in [-0.2, -0.15) is 15.0 Å². The minimum atomic E-state index is -0.00558. The Morgan fingerprint density at radius 2 is 1.84 bits per heavy atom. The van der Waals surface area contributed by atoms with Gasteiger partial charge in [0.15, 0.2) is 5.82 Å². The van der Waals surface area contributed by atoms with Crippen LogP contribution in [0.2, 0.25) is 5.02 Å². The van der Waals surface area contributed by atoms with Crippen molar-refractivity contribution in [2.45, 2.75) is 19.9 Å². The molecule has 1 aliphatic heterocycles. The van der Waals surface area contributed by atoms with E-state index in [-0.39, 0.29) is 6.04 Å². The second-order valence-electron chi connectivity index (χ2n) is 7.19. The largest absolute Gasteiger partial charge is 0.348 e. The number of halogens is 1. The van der Waals surface area contributed by atoms with Crippen LogP contribution in [0.1, 0.15) is 36.8 Å². The minimum Gasteiger partial charge on any atom is -0.348 e. The van der Waals surface area contributed by atoms with Gasteiger partial charge in [0.05, 0.1) is 12.6 Å².